The Morgan fingerprint density at radius 1 is 1.20 bits per heavy atom. The monoisotopic (exact) mass is 282 g/mol. The molecule has 0 bridgehead atoms. The van der Waals surface area contributed by atoms with Gasteiger partial charge in [-0.3, -0.25) is 4.98 Å². The molecule has 0 amide bonds. The first-order chi connectivity index (χ1) is 9.50. The molecule has 106 valence electrons. The van der Waals surface area contributed by atoms with Crippen molar-refractivity contribution in [3.8, 4) is 11.5 Å². The van der Waals surface area contributed by atoms with Crippen molar-refractivity contribution in [2.75, 3.05) is 11.9 Å². The minimum Gasteiger partial charge on any atom is -0.455 e. The highest BCUT2D eigenvalue weighted by Crippen LogP contribution is 2.37. The molecule has 1 N–H and O–H groups in total. The molecule has 1 aromatic heterocycles. The molecule has 0 atom stereocenters. The van der Waals surface area contributed by atoms with E-state index in [9.17, 15) is 13.2 Å². The predicted octanol–water partition coefficient (Wildman–Crippen LogP) is 4.32. The van der Waals surface area contributed by atoms with Crippen LogP contribution in [-0.2, 0) is 6.18 Å². The van der Waals surface area contributed by atoms with Crippen LogP contribution < -0.4 is 10.1 Å². The average Bonchev–Trinajstić information content (AvgIpc) is 2.39. The Bertz CT molecular complexity index is 585. The Morgan fingerprint density at radius 2 is 1.95 bits per heavy atom. The Morgan fingerprint density at radius 3 is 2.65 bits per heavy atom. The fourth-order valence-electron chi connectivity index (χ4n) is 1.69. The Kier molecular flexibility index (Phi) is 4.12. The Hall–Kier alpha value is -2.24. The number of pyridine rings is 1. The maximum Gasteiger partial charge on any atom is 0.419 e. The molecule has 0 radical (unpaired) electrons. The van der Waals surface area contributed by atoms with E-state index in [2.05, 4.69) is 10.3 Å². The van der Waals surface area contributed by atoms with Gasteiger partial charge in [0.2, 0.25) is 0 Å². The van der Waals surface area contributed by atoms with Gasteiger partial charge >= 0.3 is 6.18 Å². The Labute approximate surface area is 114 Å². The normalized spacial score (nSPS) is 11.2. The number of nitrogens with zero attached hydrogens (tertiary/aromatic N) is 1. The molecule has 0 saturated heterocycles. The summed E-state index contributed by atoms with van der Waals surface area (Å²) in [5.74, 6) is 0.00981. The van der Waals surface area contributed by atoms with Gasteiger partial charge in [0.05, 0.1) is 23.6 Å². The van der Waals surface area contributed by atoms with Crippen molar-refractivity contribution < 1.29 is 17.9 Å². The number of rotatable bonds is 4. The number of benzene rings is 1. The number of hydrogen-bond donors (Lipinski definition) is 1. The highest BCUT2D eigenvalue weighted by molar-refractivity contribution is 5.47. The zero-order chi connectivity index (χ0) is 14.6. The van der Waals surface area contributed by atoms with Gasteiger partial charge in [-0.1, -0.05) is 12.1 Å². The third-order valence-electron chi connectivity index (χ3n) is 2.51. The van der Waals surface area contributed by atoms with Crippen LogP contribution in [0, 0.1) is 0 Å². The maximum absolute atomic E-state index is 12.8. The molecule has 0 aliphatic rings. The maximum atomic E-state index is 12.8. The van der Waals surface area contributed by atoms with Crippen LogP contribution in [0.2, 0.25) is 0 Å². The van der Waals surface area contributed by atoms with Gasteiger partial charge in [-0.15, -0.1) is 0 Å². The van der Waals surface area contributed by atoms with E-state index in [1.54, 1.807) is 12.3 Å². The topological polar surface area (TPSA) is 34.2 Å². The summed E-state index contributed by atoms with van der Waals surface area (Å²) in [6.45, 7) is 2.59. The summed E-state index contributed by atoms with van der Waals surface area (Å²) in [4.78, 5) is 3.92. The Balaban J connectivity index is 2.28. The molecule has 2 aromatic rings. The van der Waals surface area contributed by atoms with Gasteiger partial charge in [0.25, 0.3) is 0 Å². The van der Waals surface area contributed by atoms with Crippen LogP contribution in [-0.4, -0.2) is 11.5 Å². The van der Waals surface area contributed by atoms with E-state index in [0.29, 0.717) is 12.2 Å². The summed E-state index contributed by atoms with van der Waals surface area (Å²) in [6, 6.07) is 6.68. The second-order valence-corrected chi connectivity index (χ2v) is 4.04. The van der Waals surface area contributed by atoms with Gasteiger partial charge in [-0.2, -0.15) is 13.2 Å². The van der Waals surface area contributed by atoms with Gasteiger partial charge in [0, 0.05) is 12.6 Å². The van der Waals surface area contributed by atoms with E-state index in [-0.39, 0.29) is 11.5 Å². The van der Waals surface area contributed by atoms with Crippen LogP contribution in [0.5, 0.6) is 11.5 Å². The molecule has 0 aliphatic carbocycles. The highest BCUT2D eigenvalue weighted by atomic mass is 19.4. The lowest BCUT2D eigenvalue weighted by Gasteiger charge is -2.13. The summed E-state index contributed by atoms with van der Waals surface area (Å²) in [7, 11) is 0. The number of aromatic nitrogens is 1. The van der Waals surface area contributed by atoms with E-state index in [1.165, 1.54) is 24.4 Å². The van der Waals surface area contributed by atoms with Gasteiger partial charge in [-0.05, 0) is 19.1 Å². The largest absolute Gasteiger partial charge is 0.455 e. The smallest absolute Gasteiger partial charge is 0.419 e. The fourth-order valence-corrected chi connectivity index (χ4v) is 1.69. The third kappa shape index (κ3) is 3.40. The van der Waals surface area contributed by atoms with Crippen molar-refractivity contribution in [3.05, 3.63) is 48.3 Å². The minimum absolute atomic E-state index is 0.240. The molecule has 0 fully saturated rings. The van der Waals surface area contributed by atoms with Crippen LogP contribution in [0.3, 0.4) is 0 Å². The molecule has 6 heteroatoms. The molecule has 0 aliphatic heterocycles. The summed E-state index contributed by atoms with van der Waals surface area (Å²) < 4.78 is 43.8. The van der Waals surface area contributed by atoms with E-state index in [1.807, 2.05) is 6.92 Å². The van der Waals surface area contributed by atoms with Crippen LogP contribution in [0.4, 0.5) is 18.9 Å². The molecule has 0 unspecified atom stereocenters. The van der Waals surface area contributed by atoms with Crippen molar-refractivity contribution in [2.24, 2.45) is 0 Å². The third-order valence-corrected chi connectivity index (χ3v) is 2.51. The molecule has 20 heavy (non-hydrogen) atoms. The van der Waals surface area contributed by atoms with E-state index in [4.69, 9.17) is 4.74 Å². The quantitative estimate of drug-likeness (QED) is 0.906. The highest BCUT2D eigenvalue weighted by Gasteiger charge is 2.34. The van der Waals surface area contributed by atoms with Gasteiger partial charge in [-0.25, -0.2) is 0 Å². The molecule has 2 rings (SSSR count). The van der Waals surface area contributed by atoms with Crippen molar-refractivity contribution in [3.63, 3.8) is 0 Å². The second-order valence-electron chi connectivity index (χ2n) is 4.04. The molecular formula is C14H13F3N2O. The van der Waals surface area contributed by atoms with Crippen molar-refractivity contribution in [1.82, 2.24) is 4.98 Å². The summed E-state index contributed by atoms with van der Waals surface area (Å²) in [5, 5.41) is 3.01. The minimum atomic E-state index is -4.46. The van der Waals surface area contributed by atoms with Crippen LogP contribution in [0.15, 0.2) is 42.7 Å². The van der Waals surface area contributed by atoms with E-state index < -0.39 is 11.7 Å². The first kappa shape index (κ1) is 14.2. The number of alkyl halides is 3. The second kappa shape index (κ2) is 5.81. The zero-order valence-electron chi connectivity index (χ0n) is 10.7. The molecule has 1 aromatic carbocycles. The first-order valence-corrected chi connectivity index (χ1v) is 6.03. The van der Waals surface area contributed by atoms with Gasteiger partial charge in [0.1, 0.15) is 11.5 Å². The lowest BCUT2D eigenvalue weighted by atomic mass is 10.2. The fraction of sp³-hybridized carbons (Fsp3) is 0.214. The molecule has 0 saturated carbocycles. The lowest BCUT2D eigenvalue weighted by Crippen LogP contribution is -2.07. The standard InChI is InChI=1S/C14H13F3N2O/c1-2-19-10-7-11(9-18-8-10)20-13-6-4-3-5-12(13)14(15,16)17/h3-9,19H,2H2,1H3. The molecule has 3 nitrogen and oxygen atoms in total. The summed E-state index contributed by atoms with van der Waals surface area (Å²) in [5.41, 5.74) is -0.122. The summed E-state index contributed by atoms with van der Waals surface area (Å²) in [6.07, 6.45) is -1.51. The van der Waals surface area contributed by atoms with Gasteiger partial charge < -0.3 is 10.1 Å². The van der Waals surface area contributed by atoms with Crippen molar-refractivity contribution >= 4 is 5.69 Å². The zero-order valence-corrected chi connectivity index (χ0v) is 10.7. The van der Waals surface area contributed by atoms with Crippen LogP contribution in [0.1, 0.15) is 12.5 Å². The number of halogens is 3. The SMILES string of the molecule is CCNc1cncc(Oc2ccccc2C(F)(F)F)c1. The number of anilines is 1. The first-order valence-electron chi connectivity index (χ1n) is 6.03. The molecule has 0 spiro atoms. The lowest BCUT2D eigenvalue weighted by molar-refractivity contribution is -0.138. The molecule has 1 heterocycles. The van der Waals surface area contributed by atoms with Crippen LogP contribution in [0.25, 0.3) is 0 Å². The number of para-hydroxylation sites is 1. The van der Waals surface area contributed by atoms with E-state index >= 15 is 0 Å². The molecular weight excluding hydrogens is 269 g/mol. The number of nitrogens with one attached hydrogen (secondary N) is 1. The predicted molar refractivity (Wildman–Crippen MR) is 69.9 cm³/mol. The summed E-state index contributed by atoms with van der Waals surface area (Å²) >= 11 is 0. The van der Waals surface area contributed by atoms with E-state index in [0.717, 1.165) is 6.07 Å². The number of ether oxygens (including phenoxy) is 1. The van der Waals surface area contributed by atoms with Gasteiger partial charge in [0.15, 0.2) is 0 Å². The van der Waals surface area contributed by atoms with Crippen molar-refractivity contribution in [1.29, 1.82) is 0 Å². The van der Waals surface area contributed by atoms with Crippen LogP contribution >= 0.6 is 0 Å². The average molecular weight is 282 g/mol. The van der Waals surface area contributed by atoms with Crippen molar-refractivity contribution in [2.45, 2.75) is 13.1 Å². The number of hydrogen-bond acceptors (Lipinski definition) is 3.